The van der Waals surface area contributed by atoms with E-state index < -0.39 is 10.7 Å². The first-order valence-electron chi connectivity index (χ1n) is 10.8. The van der Waals surface area contributed by atoms with E-state index in [4.69, 9.17) is 4.74 Å². The van der Waals surface area contributed by atoms with Crippen LogP contribution in [0.2, 0.25) is 0 Å². The topological polar surface area (TPSA) is 82.0 Å². The first-order valence-corrected chi connectivity index (χ1v) is 11.6. The molecule has 31 heavy (non-hydrogen) atoms. The van der Waals surface area contributed by atoms with Gasteiger partial charge in [-0.3, -0.25) is 14.9 Å². The van der Waals surface area contributed by atoms with Crippen LogP contribution in [0.3, 0.4) is 0 Å². The van der Waals surface area contributed by atoms with Crippen LogP contribution in [0.25, 0.3) is 0 Å². The Morgan fingerprint density at radius 2 is 1.71 bits per heavy atom. The summed E-state index contributed by atoms with van der Waals surface area (Å²) in [6.45, 7) is 5.73. The van der Waals surface area contributed by atoms with E-state index in [-0.39, 0.29) is 6.61 Å². The second kappa shape index (κ2) is 11.5. The number of piperidine rings is 1. The number of hydrogen-bond donors (Lipinski definition) is 3. The molecule has 1 fully saturated rings. The molecule has 1 aliphatic heterocycles. The number of ether oxygens (including phenoxy) is 1. The van der Waals surface area contributed by atoms with Crippen molar-refractivity contribution in [1.29, 1.82) is 0 Å². The summed E-state index contributed by atoms with van der Waals surface area (Å²) in [5.41, 5.74) is 3.60. The van der Waals surface area contributed by atoms with Gasteiger partial charge in [0.15, 0.2) is 0 Å². The number of carbonyl (C=O) groups excluding carboxylic acids is 1. The molecule has 0 radical (unpaired) electrons. The molecule has 2 aromatic carbocycles. The lowest BCUT2D eigenvalue weighted by atomic mass is 9.99. The molecular formula is C24H32N2O4S. The SMILES string of the molecule is CC(Cc1ccc(OCCN2CCCCC2)cc1)(Sc1ccc(CO)cc1)C(=O)NO. The van der Waals surface area contributed by atoms with Gasteiger partial charge >= 0.3 is 0 Å². The van der Waals surface area contributed by atoms with Crippen molar-refractivity contribution < 1.29 is 19.8 Å². The van der Waals surface area contributed by atoms with Gasteiger partial charge in [0.2, 0.25) is 0 Å². The molecule has 0 saturated carbocycles. The molecule has 1 aliphatic rings. The van der Waals surface area contributed by atoms with Gasteiger partial charge in [0.25, 0.3) is 5.91 Å². The maximum atomic E-state index is 12.5. The zero-order valence-corrected chi connectivity index (χ0v) is 18.9. The van der Waals surface area contributed by atoms with Gasteiger partial charge in [0, 0.05) is 11.4 Å². The van der Waals surface area contributed by atoms with Crippen LogP contribution in [0.5, 0.6) is 5.75 Å². The Hall–Kier alpha value is -2.06. The fraction of sp³-hybridized carbons (Fsp3) is 0.458. The highest BCUT2D eigenvalue weighted by atomic mass is 32.2. The van der Waals surface area contributed by atoms with Crippen LogP contribution in [0.4, 0.5) is 0 Å². The fourth-order valence-electron chi connectivity index (χ4n) is 3.77. The second-order valence-electron chi connectivity index (χ2n) is 8.15. The largest absolute Gasteiger partial charge is 0.492 e. The standard InChI is InChI=1S/C24H32N2O4S/c1-24(23(28)25-29,31-22-11-7-20(18-27)8-12-22)17-19-5-9-21(10-6-19)30-16-15-26-13-3-2-4-14-26/h5-12,27,29H,2-4,13-18H2,1H3,(H,25,28). The molecule has 0 aliphatic carbocycles. The van der Waals surface area contributed by atoms with Gasteiger partial charge in [0.05, 0.1) is 6.61 Å². The number of hydrogen-bond acceptors (Lipinski definition) is 6. The quantitative estimate of drug-likeness (QED) is 0.295. The Labute approximate surface area is 188 Å². The Bertz CT molecular complexity index is 822. The lowest BCUT2D eigenvalue weighted by Crippen LogP contribution is -2.42. The summed E-state index contributed by atoms with van der Waals surface area (Å²) < 4.78 is 5.00. The number of thioether (sulfide) groups is 1. The predicted octanol–water partition coefficient (Wildman–Crippen LogP) is 3.64. The van der Waals surface area contributed by atoms with E-state index in [9.17, 15) is 15.1 Å². The van der Waals surface area contributed by atoms with Crippen LogP contribution in [0.15, 0.2) is 53.4 Å². The first-order chi connectivity index (χ1) is 15.0. The molecule has 2 aromatic rings. The van der Waals surface area contributed by atoms with Gasteiger partial charge in [-0.05, 0) is 74.7 Å². The molecule has 3 rings (SSSR count). The fourth-order valence-corrected chi connectivity index (χ4v) is 4.94. The minimum atomic E-state index is -0.897. The van der Waals surface area contributed by atoms with Crippen LogP contribution in [0, 0.1) is 0 Å². The highest BCUT2D eigenvalue weighted by Crippen LogP contribution is 2.36. The normalized spacial score (nSPS) is 16.5. The third-order valence-electron chi connectivity index (χ3n) is 5.62. The lowest BCUT2D eigenvalue weighted by molar-refractivity contribution is -0.131. The summed E-state index contributed by atoms with van der Waals surface area (Å²) >= 11 is 1.38. The van der Waals surface area contributed by atoms with E-state index in [0.717, 1.165) is 41.4 Å². The number of hydroxylamine groups is 1. The van der Waals surface area contributed by atoms with Crippen molar-refractivity contribution in [2.75, 3.05) is 26.2 Å². The molecule has 0 aromatic heterocycles. The highest BCUT2D eigenvalue weighted by molar-refractivity contribution is 8.01. The highest BCUT2D eigenvalue weighted by Gasteiger charge is 2.34. The molecule has 1 unspecified atom stereocenters. The van der Waals surface area contributed by atoms with Gasteiger partial charge < -0.3 is 9.84 Å². The Morgan fingerprint density at radius 3 is 2.32 bits per heavy atom. The maximum Gasteiger partial charge on any atom is 0.259 e. The lowest BCUT2D eigenvalue weighted by Gasteiger charge is -2.27. The molecule has 6 nitrogen and oxygen atoms in total. The molecule has 0 spiro atoms. The van der Waals surface area contributed by atoms with Crippen molar-refractivity contribution in [3.8, 4) is 5.75 Å². The van der Waals surface area contributed by atoms with Crippen molar-refractivity contribution in [2.24, 2.45) is 0 Å². The number of carbonyl (C=O) groups is 1. The minimum Gasteiger partial charge on any atom is -0.492 e. The van der Waals surface area contributed by atoms with Crippen LogP contribution in [-0.4, -0.2) is 52.1 Å². The minimum absolute atomic E-state index is 0.0220. The van der Waals surface area contributed by atoms with Crippen LogP contribution in [0.1, 0.15) is 37.3 Å². The zero-order chi connectivity index (χ0) is 22.1. The zero-order valence-electron chi connectivity index (χ0n) is 18.0. The predicted molar refractivity (Wildman–Crippen MR) is 122 cm³/mol. The number of aliphatic hydroxyl groups excluding tert-OH is 1. The molecule has 0 bridgehead atoms. The van der Waals surface area contributed by atoms with Gasteiger partial charge in [-0.15, -0.1) is 11.8 Å². The molecule has 1 amide bonds. The van der Waals surface area contributed by atoms with Crippen molar-refractivity contribution in [1.82, 2.24) is 10.4 Å². The van der Waals surface area contributed by atoms with E-state index in [1.165, 1.54) is 31.0 Å². The van der Waals surface area contributed by atoms with Gasteiger partial charge in [-0.2, -0.15) is 0 Å². The maximum absolute atomic E-state index is 12.5. The Kier molecular flexibility index (Phi) is 8.78. The molecule has 7 heteroatoms. The number of nitrogens with zero attached hydrogens (tertiary/aromatic N) is 1. The summed E-state index contributed by atoms with van der Waals surface area (Å²) in [5, 5.41) is 18.5. The van der Waals surface area contributed by atoms with Gasteiger partial charge in [-0.1, -0.05) is 30.7 Å². The summed E-state index contributed by atoms with van der Waals surface area (Å²) in [5.74, 6) is 0.368. The number of rotatable bonds is 10. The average molecular weight is 445 g/mol. The summed E-state index contributed by atoms with van der Waals surface area (Å²) in [4.78, 5) is 15.8. The van der Waals surface area contributed by atoms with E-state index >= 15 is 0 Å². The Balaban J connectivity index is 1.59. The third kappa shape index (κ3) is 6.97. The number of aliphatic hydroxyl groups is 1. The molecular weight excluding hydrogens is 412 g/mol. The van der Waals surface area contributed by atoms with E-state index in [0.29, 0.717) is 13.0 Å². The summed E-state index contributed by atoms with van der Waals surface area (Å²) in [7, 11) is 0. The molecule has 168 valence electrons. The van der Waals surface area contributed by atoms with E-state index in [1.807, 2.05) is 60.9 Å². The molecule has 1 heterocycles. The number of likely N-dealkylation sites (tertiary alicyclic amines) is 1. The van der Waals surface area contributed by atoms with Crippen LogP contribution in [-0.2, 0) is 17.8 Å². The van der Waals surface area contributed by atoms with Gasteiger partial charge in [-0.25, -0.2) is 5.48 Å². The second-order valence-corrected chi connectivity index (χ2v) is 9.72. The van der Waals surface area contributed by atoms with Crippen molar-refractivity contribution >= 4 is 17.7 Å². The van der Waals surface area contributed by atoms with Crippen LogP contribution < -0.4 is 10.2 Å². The smallest absolute Gasteiger partial charge is 0.259 e. The van der Waals surface area contributed by atoms with Crippen LogP contribution >= 0.6 is 11.8 Å². The van der Waals surface area contributed by atoms with Crippen molar-refractivity contribution in [2.45, 2.75) is 48.9 Å². The van der Waals surface area contributed by atoms with Crippen molar-refractivity contribution in [3.05, 3.63) is 59.7 Å². The summed E-state index contributed by atoms with van der Waals surface area (Å²) in [6.07, 6.45) is 4.33. The van der Waals surface area contributed by atoms with E-state index in [1.54, 1.807) is 0 Å². The number of benzene rings is 2. The number of amides is 1. The number of nitrogens with one attached hydrogen (secondary N) is 1. The molecule has 3 N–H and O–H groups in total. The van der Waals surface area contributed by atoms with Gasteiger partial charge in [0.1, 0.15) is 17.1 Å². The van der Waals surface area contributed by atoms with Crippen molar-refractivity contribution in [3.63, 3.8) is 0 Å². The van der Waals surface area contributed by atoms with E-state index in [2.05, 4.69) is 4.90 Å². The Morgan fingerprint density at radius 1 is 1.06 bits per heavy atom. The average Bonchev–Trinajstić information content (AvgIpc) is 2.81. The molecule has 1 saturated heterocycles. The molecule has 1 atom stereocenters. The third-order valence-corrected chi connectivity index (χ3v) is 6.91. The first kappa shape index (κ1) is 23.6. The summed E-state index contributed by atoms with van der Waals surface area (Å²) in [6, 6.07) is 15.2. The monoisotopic (exact) mass is 444 g/mol.